The van der Waals surface area contributed by atoms with Crippen LogP contribution in [0.4, 0.5) is 0 Å². The van der Waals surface area contributed by atoms with Gasteiger partial charge in [-0.2, -0.15) is 5.26 Å². The number of ether oxygens (including phenoxy) is 3. The van der Waals surface area contributed by atoms with Crippen LogP contribution in [-0.4, -0.2) is 7.11 Å². The van der Waals surface area contributed by atoms with Crippen LogP contribution in [0.15, 0.2) is 75.3 Å². The Bertz CT molecular complexity index is 1260. The van der Waals surface area contributed by atoms with E-state index in [9.17, 15) is 10.1 Å². The Kier molecular flexibility index (Phi) is 5.37. The Hall–Kier alpha value is -4.18. The third-order valence-corrected chi connectivity index (χ3v) is 5.01. The van der Waals surface area contributed by atoms with E-state index in [2.05, 4.69) is 6.07 Å². The van der Waals surface area contributed by atoms with Gasteiger partial charge in [-0.3, -0.25) is 0 Å². The molecule has 7 nitrogen and oxygen atoms in total. The summed E-state index contributed by atoms with van der Waals surface area (Å²) < 4.78 is 22.2. The first kappa shape index (κ1) is 20.1. The lowest BCUT2D eigenvalue weighted by molar-refractivity contribution is 0.284. The molecule has 0 amide bonds. The molecule has 0 aliphatic carbocycles. The van der Waals surface area contributed by atoms with Crippen LogP contribution in [0.5, 0.6) is 17.2 Å². The molecule has 2 heterocycles. The van der Waals surface area contributed by atoms with E-state index in [4.69, 9.17) is 24.4 Å². The number of hydrogen-bond donors (Lipinski definition) is 1. The fourth-order valence-corrected chi connectivity index (χ4v) is 3.57. The van der Waals surface area contributed by atoms with E-state index in [-0.39, 0.29) is 22.8 Å². The zero-order valence-electron chi connectivity index (χ0n) is 17.0. The molecule has 31 heavy (non-hydrogen) atoms. The van der Waals surface area contributed by atoms with Gasteiger partial charge in [0.15, 0.2) is 11.5 Å². The van der Waals surface area contributed by atoms with Crippen LogP contribution in [0.2, 0.25) is 0 Å². The minimum absolute atomic E-state index is 0.0485. The summed E-state index contributed by atoms with van der Waals surface area (Å²) in [5.74, 6) is 0.862. The predicted molar refractivity (Wildman–Crippen MR) is 113 cm³/mol. The lowest BCUT2D eigenvalue weighted by atomic mass is 9.84. The Morgan fingerprint density at radius 2 is 1.90 bits per heavy atom. The molecule has 0 spiro atoms. The van der Waals surface area contributed by atoms with Gasteiger partial charge in [-0.1, -0.05) is 36.4 Å². The summed E-state index contributed by atoms with van der Waals surface area (Å²) in [6.07, 6.45) is 0. The van der Waals surface area contributed by atoms with Gasteiger partial charge in [-0.15, -0.1) is 0 Å². The maximum absolute atomic E-state index is 12.7. The second-order valence-electron chi connectivity index (χ2n) is 7.03. The molecule has 7 heteroatoms. The number of fused-ring (bicyclic) bond motifs is 1. The predicted octanol–water partition coefficient (Wildman–Crippen LogP) is 3.75. The van der Waals surface area contributed by atoms with Crippen LogP contribution in [0.25, 0.3) is 0 Å². The molecule has 4 rings (SSSR count). The quantitative estimate of drug-likeness (QED) is 0.675. The summed E-state index contributed by atoms with van der Waals surface area (Å²) in [6.45, 7) is 1.97. The van der Waals surface area contributed by atoms with Crippen molar-refractivity contribution in [1.82, 2.24) is 0 Å². The number of nitrogens with two attached hydrogens (primary N) is 1. The number of nitriles is 1. The van der Waals surface area contributed by atoms with E-state index in [0.717, 1.165) is 5.56 Å². The molecule has 0 bridgehead atoms. The summed E-state index contributed by atoms with van der Waals surface area (Å²) in [4.78, 5) is 12.7. The highest BCUT2D eigenvalue weighted by molar-refractivity contribution is 5.57. The van der Waals surface area contributed by atoms with E-state index in [0.29, 0.717) is 29.4 Å². The molecule has 0 unspecified atom stereocenters. The molecule has 2 N–H and O–H groups in total. The molecule has 1 aromatic heterocycles. The summed E-state index contributed by atoms with van der Waals surface area (Å²) in [6, 6.07) is 18.6. The largest absolute Gasteiger partial charge is 0.493 e. The van der Waals surface area contributed by atoms with Crippen molar-refractivity contribution in [3.05, 3.63) is 98.9 Å². The number of aryl methyl sites for hydroxylation is 1. The van der Waals surface area contributed by atoms with Gasteiger partial charge in [0.1, 0.15) is 29.8 Å². The number of benzene rings is 2. The molecule has 1 aliphatic rings. The van der Waals surface area contributed by atoms with Gasteiger partial charge in [0.2, 0.25) is 5.88 Å². The fourth-order valence-electron chi connectivity index (χ4n) is 3.57. The van der Waals surface area contributed by atoms with Gasteiger partial charge in [-0.05, 0) is 30.2 Å². The highest BCUT2D eigenvalue weighted by atomic mass is 16.5. The monoisotopic (exact) mass is 416 g/mol. The molecular formula is C24H20N2O5. The van der Waals surface area contributed by atoms with E-state index in [1.165, 1.54) is 0 Å². The van der Waals surface area contributed by atoms with Crippen molar-refractivity contribution < 1.29 is 18.6 Å². The molecule has 0 radical (unpaired) electrons. The Balaban J connectivity index is 1.80. The van der Waals surface area contributed by atoms with Gasteiger partial charge >= 0.3 is 5.63 Å². The van der Waals surface area contributed by atoms with Gasteiger partial charge in [0.25, 0.3) is 0 Å². The van der Waals surface area contributed by atoms with Crippen LogP contribution in [0.1, 0.15) is 28.4 Å². The van der Waals surface area contributed by atoms with E-state index in [1.54, 1.807) is 38.3 Å². The minimum Gasteiger partial charge on any atom is -0.493 e. The van der Waals surface area contributed by atoms with Crippen molar-refractivity contribution in [2.24, 2.45) is 5.73 Å². The van der Waals surface area contributed by atoms with Crippen molar-refractivity contribution in [1.29, 1.82) is 5.26 Å². The molecule has 1 atom stereocenters. The first-order valence-corrected chi connectivity index (χ1v) is 9.58. The van der Waals surface area contributed by atoms with Crippen LogP contribution in [-0.2, 0) is 6.61 Å². The molecule has 0 saturated heterocycles. The highest BCUT2D eigenvalue weighted by Gasteiger charge is 2.34. The molecule has 0 saturated carbocycles. The summed E-state index contributed by atoms with van der Waals surface area (Å²) in [7, 11) is 1.55. The molecule has 0 fully saturated rings. The van der Waals surface area contributed by atoms with Crippen molar-refractivity contribution in [3.8, 4) is 23.3 Å². The minimum atomic E-state index is -0.754. The Morgan fingerprint density at radius 1 is 1.13 bits per heavy atom. The van der Waals surface area contributed by atoms with Crippen molar-refractivity contribution >= 4 is 0 Å². The molecule has 2 aromatic carbocycles. The standard InChI is InChI=1S/C24H20N2O5/c1-14-10-20-22(24(27)30-14)21(17(12-25)23(26)31-20)16-8-9-18(28-2)19(11-16)29-13-15-6-4-3-5-7-15/h3-11,21H,13,26H2,1-2H3/t21-/m0/s1. The zero-order valence-corrected chi connectivity index (χ0v) is 17.0. The van der Waals surface area contributed by atoms with Crippen molar-refractivity contribution in [2.75, 3.05) is 7.11 Å². The van der Waals surface area contributed by atoms with Crippen LogP contribution >= 0.6 is 0 Å². The first-order valence-electron chi connectivity index (χ1n) is 9.58. The number of hydrogen-bond acceptors (Lipinski definition) is 7. The zero-order chi connectivity index (χ0) is 22.0. The molecule has 1 aliphatic heterocycles. The van der Waals surface area contributed by atoms with E-state index in [1.807, 2.05) is 30.3 Å². The SMILES string of the molecule is COc1ccc([C@H]2C(C#N)=C(N)Oc3cc(C)oc(=O)c32)cc1OCc1ccccc1. The molecule has 156 valence electrons. The van der Waals surface area contributed by atoms with Crippen molar-refractivity contribution in [3.63, 3.8) is 0 Å². The maximum Gasteiger partial charge on any atom is 0.343 e. The smallest absolute Gasteiger partial charge is 0.343 e. The average molecular weight is 416 g/mol. The van der Waals surface area contributed by atoms with Crippen LogP contribution < -0.4 is 25.6 Å². The normalized spacial score (nSPS) is 14.9. The topological polar surface area (TPSA) is 108 Å². The summed E-state index contributed by atoms with van der Waals surface area (Å²) in [5.41, 5.74) is 7.39. The van der Waals surface area contributed by atoms with Crippen molar-refractivity contribution in [2.45, 2.75) is 19.4 Å². The third kappa shape index (κ3) is 3.83. The summed E-state index contributed by atoms with van der Waals surface area (Å²) in [5, 5.41) is 9.73. The maximum atomic E-state index is 12.7. The number of nitrogens with zero attached hydrogens (tertiary/aromatic N) is 1. The fraction of sp³-hybridized carbons (Fsp3) is 0.167. The van der Waals surface area contributed by atoms with Crippen LogP contribution in [0.3, 0.4) is 0 Å². The van der Waals surface area contributed by atoms with E-state index >= 15 is 0 Å². The van der Waals surface area contributed by atoms with Gasteiger partial charge < -0.3 is 24.4 Å². The number of rotatable bonds is 5. The summed E-state index contributed by atoms with van der Waals surface area (Å²) >= 11 is 0. The Morgan fingerprint density at radius 3 is 2.61 bits per heavy atom. The van der Waals surface area contributed by atoms with Gasteiger partial charge in [-0.25, -0.2) is 4.79 Å². The highest BCUT2D eigenvalue weighted by Crippen LogP contribution is 2.42. The van der Waals surface area contributed by atoms with Crippen LogP contribution in [0, 0.1) is 18.3 Å². The second kappa shape index (κ2) is 8.28. The lowest BCUT2D eigenvalue weighted by Crippen LogP contribution is -2.26. The number of allylic oxidation sites excluding steroid dienone is 1. The molecular weight excluding hydrogens is 396 g/mol. The first-order chi connectivity index (χ1) is 15.0. The third-order valence-electron chi connectivity index (χ3n) is 5.01. The lowest BCUT2D eigenvalue weighted by Gasteiger charge is -2.25. The molecule has 3 aromatic rings. The Labute approximate surface area is 178 Å². The second-order valence-corrected chi connectivity index (χ2v) is 7.03. The number of methoxy groups -OCH3 is 1. The van der Waals surface area contributed by atoms with Gasteiger partial charge in [0.05, 0.1) is 18.6 Å². The van der Waals surface area contributed by atoms with E-state index < -0.39 is 11.5 Å². The average Bonchev–Trinajstić information content (AvgIpc) is 2.77. The van der Waals surface area contributed by atoms with Gasteiger partial charge in [0, 0.05) is 6.07 Å².